The number of benzene rings is 1. The van der Waals surface area contributed by atoms with Crippen molar-refractivity contribution in [2.24, 2.45) is 7.05 Å². The third kappa shape index (κ3) is 3.01. The summed E-state index contributed by atoms with van der Waals surface area (Å²) in [5, 5.41) is 20.9. The van der Waals surface area contributed by atoms with Crippen molar-refractivity contribution in [3.05, 3.63) is 35.7 Å². The van der Waals surface area contributed by atoms with E-state index >= 15 is 0 Å². The first-order chi connectivity index (χ1) is 8.15. The fraction of sp³-hybridized carbons (Fsp3) is 0.364. The molecule has 90 valence electrons. The van der Waals surface area contributed by atoms with E-state index in [2.05, 4.69) is 15.4 Å². The summed E-state index contributed by atoms with van der Waals surface area (Å²) in [6, 6.07) is 7.26. The number of aromatic nitrogens is 4. The lowest BCUT2D eigenvalue weighted by atomic mass is 10.1. The molecule has 0 radical (unpaired) electrons. The zero-order valence-electron chi connectivity index (χ0n) is 9.74. The first kappa shape index (κ1) is 11.5. The van der Waals surface area contributed by atoms with Crippen LogP contribution in [0.3, 0.4) is 0 Å². The van der Waals surface area contributed by atoms with Gasteiger partial charge in [-0.2, -0.15) is 4.80 Å². The van der Waals surface area contributed by atoms with Gasteiger partial charge in [-0.15, -0.1) is 10.2 Å². The molecule has 0 fully saturated rings. The summed E-state index contributed by atoms with van der Waals surface area (Å²) in [6.45, 7) is 2.00. The van der Waals surface area contributed by atoms with Crippen LogP contribution < -0.4 is 4.74 Å². The SMILES string of the molecule is C[C@@H](O)c1ccc(OCc2nnn(C)n2)cc1. The molecule has 17 heavy (non-hydrogen) atoms. The van der Waals surface area contributed by atoms with Crippen molar-refractivity contribution in [1.29, 1.82) is 0 Å². The van der Waals surface area contributed by atoms with Gasteiger partial charge in [0.15, 0.2) is 6.61 Å². The fourth-order valence-corrected chi connectivity index (χ4v) is 1.37. The van der Waals surface area contributed by atoms with Crippen molar-refractivity contribution >= 4 is 0 Å². The average Bonchev–Trinajstić information content (AvgIpc) is 2.73. The van der Waals surface area contributed by atoms with Crippen LogP contribution in [0.15, 0.2) is 24.3 Å². The number of aryl methyl sites for hydroxylation is 1. The molecule has 0 aliphatic heterocycles. The van der Waals surface area contributed by atoms with E-state index in [4.69, 9.17) is 4.74 Å². The van der Waals surface area contributed by atoms with Crippen molar-refractivity contribution in [1.82, 2.24) is 20.2 Å². The number of hydrogen-bond acceptors (Lipinski definition) is 5. The summed E-state index contributed by atoms with van der Waals surface area (Å²) in [4.78, 5) is 1.38. The van der Waals surface area contributed by atoms with Crippen molar-refractivity contribution < 1.29 is 9.84 Å². The Morgan fingerprint density at radius 2 is 2.06 bits per heavy atom. The monoisotopic (exact) mass is 234 g/mol. The second-order valence-corrected chi connectivity index (χ2v) is 3.73. The maximum Gasteiger partial charge on any atom is 0.212 e. The second kappa shape index (κ2) is 4.92. The number of rotatable bonds is 4. The smallest absolute Gasteiger partial charge is 0.212 e. The molecule has 1 aromatic heterocycles. The third-order valence-electron chi connectivity index (χ3n) is 2.28. The van der Waals surface area contributed by atoms with Crippen LogP contribution in [-0.4, -0.2) is 25.3 Å². The molecule has 1 N–H and O–H groups in total. The number of ether oxygens (including phenoxy) is 1. The van der Waals surface area contributed by atoms with E-state index in [1.54, 1.807) is 26.1 Å². The van der Waals surface area contributed by atoms with E-state index in [0.29, 0.717) is 11.6 Å². The van der Waals surface area contributed by atoms with Crippen LogP contribution in [0.25, 0.3) is 0 Å². The maximum atomic E-state index is 9.35. The van der Waals surface area contributed by atoms with Crippen LogP contribution in [0.1, 0.15) is 24.4 Å². The normalized spacial score (nSPS) is 12.4. The van der Waals surface area contributed by atoms with Crippen molar-refractivity contribution in [2.75, 3.05) is 0 Å². The van der Waals surface area contributed by atoms with Gasteiger partial charge in [-0.3, -0.25) is 0 Å². The van der Waals surface area contributed by atoms with Gasteiger partial charge < -0.3 is 9.84 Å². The molecule has 1 aromatic carbocycles. The molecule has 0 spiro atoms. The van der Waals surface area contributed by atoms with E-state index in [-0.39, 0.29) is 6.61 Å². The number of hydrogen-bond donors (Lipinski definition) is 1. The lowest BCUT2D eigenvalue weighted by Crippen LogP contribution is -1.99. The minimum Gasteiger partial charge on any atom is -0.485 e. The minimum absolute atomic E-state index is 0.280. The van der Waals surface area contributed by atoms with Crippen LogP contribution in [0, 0.1) is 0 Å². The molecule has 2 aromatic rings. The standard InChI is InChI=1S/C11H14N4O2/c1-8(16)9-3-5-10(6-4-9)17-7-11-12-14-15(2)13-11/h3-6,8,16H,7H2,1-2H3/t8-/m1/s1. The number of aliphatic hydroxyl groups excluding tert-OH is 1. The molecule has 0 bridgehead atoms. The molecule has 0 aliphatic rings. The molecule has 0 amide bonds. The largest absolute Gasteiger partial charge is 0.485 e. The van der Waals surface area contributed by atoms with E-state index in [0.717, 1.165) is 5.56 Å². The highest BCUT2D eigenvalue weighted by atomic mass is 16.5. The van der Waals surface area contributed by atoms with Gasteiger partial charge >= 0.3 is 0 Å². The quantitative estimate of drug-likeness (QED) is 0.848. The first-order valence-corrected chi connectivity index (χ1v) is 5.29. The molecular formula is C11H14N4O2. The van der Waals surface area contributed by atoms with E-state index in [1.165, 1.54) is 4.80 Å². The molecule has 6 heteroatoms. The van der Waals surface area contributed by atoms with Crippen molar-refractivity contribution in [3.63, 3.8) is 0 Å². The number of nitrogens with zero attached hydrogens (tertiary/aromatic N) is 4. The van der Waals surface area contributed by atoms with Crippen LogP contribution in [0.5, 0.6) is 5.75 Å². The number of tetrazole rings is 1. The highest BCUT2D eigenvalue weighted by Crippen LogP contribution is 2.17. The molecule has 0 aliphatic carbocycles. The Hall–Kier alpha value is -1.95. The van der Waals surface area contributed by atoms with Crippen LogP contribution in [-0.2, 0) is 13.7 Å². The molecule has 1 atom stereocenters. The molecule has 1 heterocycles. The van der Waals surface area contributed by atoms with Gasteiger partial charge in [0.05, 0.1) is 13.2 Å². The summed E-state index contributed by atoms with van der Waals surface area (Å²) in [5.41, 5.74) is 0.856. The number of aliphatic hydroxyl groups is 1. The molecular weight excluding hydrogens is 220 g/mol. The summed E-state index contributed by atoms with van der Waals surface area (Å²) in [7, 11) is 1.70. The minimum atomic E-state index is -0.467. The van der Waals surface area contributed by atoms with Gasteiger partial charge in [-0.05, 0) is 29.8 Å². The Balaban J connectivity index is 1.95. The molecule has 2 rings (SSSR count). The van der Waals surface area contributed by atoms with E-state index in [9.17, 15) is 5.11 Å². The summed E-state index contributed by atoms with van der Waals surface area (Å²) < 4.78 is 5.48. The highest BCUT2D eigenvalue weighted by molar-refractivity contribution is 5.28. The Bertz CT molecular complexity index is 478. The van der Waals surface area contributed by atoms with E-state index < -0.39 is 6.10 Å². The molecule has 0 saturated heterocycles. The van der Waals surface area contributed by atoms with Crippen LogP contribution in [0.2, 0.25) is 0 Å². The summed E-state index contributed by atoms with van der Waals surface area (Å²) in [6.07, 6.45) is -0.467. The maximum absolute atomic E-state index is 9.35. The van der Waals surface area contributed by atoms with Crippen molar-refractivity contribution in [3.8, 4) is 5.75 Å². The first-order valence-electron chi connectivity index (χ1n) is 5.29. The van der Waals surface area contributed by atoms with Gasteiger partial charge in [0, 0.05) is 0 Å². The summed E-state index contributed by atoms with van der Waals surface area (Å²) >= 11 is 0. The van der Waals surface area contributed by atoms with Crippen LogP contribution >= 0.6 is 0 Å². The van der Waals surface area contributed by atoms with E-state index in [1.807, 2.05) is 12.1 Å². The van der Waals surface area contributed by atoms with Crippen LogP contribution in [0.4, 0.5) is 0 Å². The topological polar surface area (TPSA) is 73.1 Å². The Labute approximate surface area is 98.8 Å². The fourth-order valence-electron chi connectivity index (χ4n) is 1.37. The molecule has 6 nitrogen and oxygen atoms in total. The predicted octanol–water partition coefficient (Wildman–Crippen LogP) is 0.842. The Morgan fingerprint density at radius 3 is 2.59 bits per heavy atom. The zero-order chi connectivity index (χ0) is 12.3. The highest BCUT2D eigenvalue weighted by Gasteiger charge is 2.03. The summed E-state index contributed by atoms with van der Waals surface area (Å²) in [5.74, 6) is 1.24. The second-order valence-electron chi connectivity index (χ2n) is 3.73. The van der Waals surface area contributed by atoms with Gasteiger partial charge in [0.1, 0.15) is 5.75 Å². The van der Waals surface area contributed by atoms with Crippen molar-refractivity contribution in [2.45, 2.75) is 19.6 Å². The Kier molecular flexibility index (Phi) is 3.34. The lowest BCUT2D eigenvalue weighted by molar-refractivity contribution is 0.199. The van der Waals surface area contributed by atoms with Gasteiger partial charge in [0.2, 0.25) is 5.82 Å². The van der Waals surface area contributed by atoms with Gasteiger partial charge in [0.25, 0.3) is 0 Å². The van der Waals surface area contributed by atoms with Gasteiger partial charge in [-0.25, -0.2) is 0 Å². The Morgan fingerprint density at radius 1 is 1.35 bits per heavy atom. The third-order valence-corrected chi connectivity index (χ3v) is 2.28. The molecule has 0 unspecified atom stereocenters. The zero-order valence-corrected chi connectivity index (χ0v) is 9.74. The average molecular weight is 234 g/mol. The predicted molar refractivity (Wildman–Crippen MR) is 60.2 cm³/mol. The lowest BCUT2D eigenvalue weighted by Gasteiger charge is -2.06. The van der Waals surface area contributed by atoms with Gasteiger partial charge in [-0.1, -0.05) is 12.1 Å². The molecule has 0 saturated carbocycles.